The summed E-state index contributed by atoms with van der Waals surface area (Å²) in [6.07, 6.45) is 4.89. The average molecular weight is 267 g/mol. The second kappa shape index (κ2) is 6.90. The summed E-state index contributed by atoms with van der Waals surface area (Å²) in [5.41, 5.74) is 6.31. The standard InChI is InChI=1S/C14H21NO2S/c15-11-5-7-13(8-6-11)17-9-12(16)10-18-14-3-1-2-4-14/h5-8,12,14,16H,1-4,9-10,15H2. The lowest BCUT2D eigenvalue weighted by Gasteiger charge is -2.14. The van der Waals surface area contributed by atoms with Gasteiger partial charge in [-0.25, -0.2) is 0 Å². The van der Waals surface area contributed by atoms with Gasteiger partial charge >= 0.3 is 0 Å². The first-order valence-corrected chi connectivity index (χ1v) is 7.57. The molecular formula is C14H21NO2S. The third kappa shape index (κ3) is 4.42. The van der Waals surface area contributed by atoms with Gasteiger partial charge in [-0.05, 0) is 37.1 Å². The Morgan fingerprint density at radius 2 is 1.94 bits per heavy atom. The molecule has 1 aliphatic carbocycles. The summed E-state index contributed by atoms with van der Waals surface area (Å²) in [5, 5.41) is 10.6. The third-order valence-corrected chi connectivity index (χ3v) is 4.67. The van der Waals surface area contributed by atoms with Crippen LogP contribution in [-0.4, -0.2) is 28.8 Å². The van der Waals surface area contributed by atoms with Crippen molar-refractivity contribution in [3.05, 3.63) is 24.3 Å². The summed E-state index contributed by atoms with van der Waals surface area (Å²) < 4.78 is 5.52. The maximum Gasteiger partial charge on any atom is 0.119 e. The second-order valence-corrected chi connectivity index (χ2v) is 6.11. The third-order valence-electron chi connectivity index (χ3n) is 3.15. The van der Waals surface area contributed by atoms with Crippen LogP contribution < -0.4 is 10.5 Å². The highest BCUT2D eigenvalue weighted by Gasteiger charge is 2.17. The molecule has 1 aliphatic rings. The monoisotopic (exact) mass is 267 g/mol. The largest absolute Gasteiger partial charge is 0.491 e. The number of aliphatic hydroxyl groups excluding tert-OH is 1. The minimum atomic E-state index is -0.395. The Hall–Kier alpha value is -0.870. The summed E-state index contributed by atoms with van der Waals surface area (Å²) in [7, 11) is 0. The van der Waals surface area contributed by atoms with E-state index in [2.05, 4.69) is 0 Å². The van der Waals surface area contributed by atoms with E-state index in [0.29, 0.717) is 6.61 Å². The predicted octanol–water partition coefficient (Wildman–Crippen LogP) is 2.68. The number of rotatable bonds is 6. The van der Waals surface area contributed by atoms with Crippen LogP contribution in [0.25, 0.3) is 0 Å². The maximum absolute atomic E-state index is 9.85. The normalized spacial score (nSPS) is 17.8. The molecule has 1 unspecified atom stereocenters. The van der Waals surface area contributed by atoms with E-state index in [0.717, 1.165) is 22.4 Å². The lowest BCUT2D eigenvalue weighted by atomic mass is 10.3. The van der Waals surface area contributed by atoms with Gasteiger partial charge in [0.15, 0.2) is 0 Å². The highest BCUT2D eigenvalue weighted by atomic mass is 32.2. The van der Waals surface area contributed by atoms with Crippen LogP contribution in [0.4, 0.5) is 5.69 Å². The van der Waals surface area contributed by atoms with E-state index in [1.54, 1.807) is 12.1 Å². The Morgan fingerprint density at radius 3 is 2.61 bits per heavy atom. The molecule has 1 aromatic rings. The van der Waals surface area contributed by atoms with E-state index >= 15 is 0 Å². The summed E-state index contributed by atoms with van der Waals surface area (Å²) in [6.45, 7) is 0.351. The highest BCUT2D eigenvalue weighted by Crippen LogP contribution is 2.29. The van der Waals surface area contributed by atoms with E-state index < -0.39 is 6.10 Å². The Kier molecular flexibility index (Phi) is 5.20. The Balaban J connectivity index is 1.64. The van der Waals surface area contributed by atoms with Gasteiger partial charge in [0, 0.05) is 16.7 Å². The zero-order valence-corrected chi connectivity index (χ0v) is 11.4. The van der Waals surface area contributed by atoms with Crippen LogP contribution >= 0.6 is 11.8 Å². The highest BCUT2D eigenvalue weighted by molar-refractivity contribution is 7.99. The van der Waals surface area contributed by atoms with Gasteiger partial charge in [-0.2, -0.15) is 11.8 Å². The summed E-state index contributed by atoms with van der Waals surface area (Å²) in [6, 6.07) is 7.25. The van der Waals surface area contributed by atoms with Crippen molar-refractivity contribution in [1.29, 1.82) is 0 Å². The molecular weight excluding hydrogens is 246 g/mol. The summed E-state index contributed by atoms with van der Waals surface area (Å²) in [4.78, 5) is 0. The molecule has 100 valence electrons. The smallest absolute Gasteiger partial charge is 0.119 e. The van der Waals surface area contributed by atoms with Gasteiger partial charge in [-0.1, -0.05) is 12.8 Å². The molecule has 0 aromatic heterocycles. The first-order valence-electron chi connectivity index (χ1n) is 6.52. The second-order valence-electron chi connectivity index (χ2n) is 4.77. The number of benzene rings is 1. The lowest BCUT2D eigenvalue weighted by Crippen LogP contribution is -2.21. The molecule has 1 atom stereocenters. The number of aliphatic hydroxyl groups is 1. The van der Waals surface area contributed by atoms with Gasteiger partial charge in [0.1, 0.15) is 12.4 Å². The fourth-order valence-corrected chi connectivity index (χ4v) is 3.36. The Bertz CT molecular complexity index is 349. The summed E-state index contributed by atoms with van der Waals surface area (Å²) >= 11 is 1.88. The van der Waals surface area contributed by atoms with Crippen molar-refractivity contribution in [3.8, 4) is 5.75 Å². The van der Waals surface area contributed by atoms with Gasteiger partial charge in [-0.15, -0.1) is 0 Å². The quantitative estimate of drug-likeness (QED) is 0.778. The van der Waals surface area contributed by atoms with Crippen LogP contribution in [0, 0.1) is 0 Å². The molecule has 1 fully saturated rings. The number of thioether (sulfide) groups is 1. The molecule has 2 rings (SSSR count). The maximum atomic E-state index is 9.85. The molecule has 4 heteroatoms. The molecule has 1 saturated carbocycles. The zero-order valence-electron chi connectivity index (χ0n) is 10.5. The van der Waals surface area contributed by atoms with Crippen molar-refractivity contribution in [2.45, 2.75) is 37.0 Å². The van der Waals surface area contributed by atoms with Gasteiger partial charge in [-0.3, -0.25) is 0 Å². The van der Waals surface area contributed by atoms with Gasteiger partial charge in [0.25, 0.3) is 0 Å². The first kappa shape index (κ1) is 13.6. The molecule has 3 nitrogen and oxygen atoms in total. The van der Waals surface area contributed by atoms with E-state index in [-0.39, 0.29) is 0 Å². The lowest BCUT2D eigenvalue weighted by molar-refractivity contribution is 0.126. The van der Waals surface area contributed by atoms with Gasteiger partial charge in [0.05, 0.1) is 6.10 Å². The van der Waals surface area contributed by atoms with Crippen LogP contribution in [0.2, 0.25) is 0 Å². The SMILES string of the molecule is Nc1ccc(OCC(O)CSC2CCCC2)cc1. The minimum absolute atomic E-state index is 0.351. The van der Waals surface area contributed by atoms with Crippen LogP contribution in [0.1, 0.15) is 25.7 Å². The molecule has 0 amide bonds. The van der Waals surface area contributed by atoms with Crippen molar-refractivity contribution in [3.63, 3.8) is 0 Å². The first-order chi connectivity index (χ1) is 8.74. The number of nitrogen functional groups attached to an aromatic ring is 1. The molecule has 3 N–H and O–H groups in total. The number of anilines is 1. The van der Waals surface area contributed by atoms with Gasteiger partial charge < -0.3 is 15.6 Å². The van der Waals surface area contributed by atoms with E-state index in [1.165, 1.54) is 25.7 Å². The van der Waals surface area contributed by atoms with Crippen molar-refractivity contribution in [1.82, 2.24) is 0 Å². The van der Waals surface area contributed by atoms with E-state index in [4.69, 9.17) is 10.5 Å². The number of ether oxygens (including phenoxy) is 1. The Labute approximate surface area is 113 Å². The van der Waals surface area contributed by atoms with Gasteiger partial charge in [0.2, 0.25) is 0 Å². The van der Waals surface area contributed by atoms with Crippen molar-refractivity contribution < 1.29 is 9.84 Å². The molecule has 1 aromatic carbocycles. The minimum Gasteiger partial charge on any atom is -0.491 e. The van der Waals surface area contributed by atoms with Crippen molar-refractivity contribution in [2.75, 3.05) is 18.1 Å². The van der Waals surface area contributed by atoms with E-state index in [1.807, 2.05) is 23.9 Å². The number of hydrogen-bond acceptors (Lipinski definition) is 4. The fraction of sp³-hybridized carbons (Fsp3) is 0.571. The number of hydrogen-bond donors (Lipinski definition) is 2. The molecule has 0 bridgehead atoms. The molecule has 0 spiro atoms. The van der Waals surface area contributed by atoms with Crippen LogP contribution in [0.15, 0.2) is 24.3 Å². The average Bonchev–Trinajstić information content (AvgIpc) is 2.89. The summed E-state index contributed by atoms with van der Waals surface area (Å²) in [5.74, 6) is 1.52. The van der Waals surface area contributed by atoms with Crippen molar-refractivity contribution in [2.24, 2.45) is 0 Å². The van der Waals surface area contributed by atoms with Crippen LogP contribution in [-0.2, 0) is 0 Å². The topological polar surface area (TPSA) is 55.5 Å². The molecule has 0 radical (unpaired) electrons. The van der Waals surface area contributed by atoms with Crippen LogP contribution in [0.5, 0.6) is 5.75 Å². The molecule has 0 aliphatic heterocycles. The predicted molar refractivity (Wildman–Crippen MR) is 77.1 cm³/mol. The van der Waals surface area contributed by atoms with Crippen LogP contribution in [0.3, 0.4) is 0 Å². The zero-order chi connectivity index (χ0) is 12.8. The molecule has 0 heterocycles. The fourth-order valence-electron chi connectivity index (χ4n) is 2.11. The molecule has 18 heavy (non-hydrogen) atoms. The Morgan fingerprint density at radius 1 is 1.28 bits per heavy atom. The number of nitrogens with two attached hydrogens (primary N) is 1. The molecule has 0 saturated heterocycles. The van der Waals surface area contributed by atoms with E-state index in [9.17, 15) is 5.11 Å². The van der Waals surface area contributed by atoms with Crippen molar-refractivity contribution >= 4 is 17.4 Å².